The van der Waals surface area contributed by atoms with E-state index in [9.17, 15) is 14.6 Å². The highest BCUT2D eigenvalue weighted by atomic mass is 19.1. The van der Waals surface area contributed by atoms with Crippen molar-refractivity contribution in [2.24, 2.45) is 5.11 Å². The molecule has 2 N–H and O–H groups in total. The average Bonchev–Trinajstić information content (AvgIpc) is 2.26. The zero-order valence-corrected chi connectivity index (χ0v) is 7.66. The van der Waals surface area contributed by atoms with E-state index < -0.39 is 18.0 Å². The van der Waals surface area contributed by atoms with Crippen molar-refractivity contribution in [3.63, 3.8) is 0 Å². The first-order chi connectivity index (χ1) is 7.15. The van der Waals surface area contributed by atoms with Gasteiger partial charge in [-0.1, -0.05) is 5.11 Å². The van der Waals surface area contributed by atoms with Crippen molar-refractivity contribution in [1.82, 2.24) is 4.98 Å². The third-order valence-corrected chi connectivity index (χ3v) is 1.75. The van der Waals surface area contributed by atoms with Crippen LogP contribution in [0.4, 0.5) is 4.39 Å². The normalized spacial score (nSPS) is 14.1. The highest BCUT2D eigenvalue weighted by molar-refractivity contribution is 5.09. The number of nitrogens with zero attached hydrogens (tertiary/aromatic N) is 4. The van der Waals surface area contributed by atoms with E-state index >= 15 is 0 Å². The standard InChI is InChI=1S/C8H9FN4O2/c9-5-1-2-6(11-3-5)8(15)7(14)4-12-13-10/h1-3,7-8,14-15H,4H2. The Morgan fingerprint density at radius 1 is 1.53 bits per heavy atom. The summed E-state index contributed by atoms with van der Waals surface area (Å²) in [6.45, 7) is -0.267. The quantitative estimate of drug-likeness (QED) is 0.440. The van der Waals surface area contributed by atoms with Gasteiger partial charge in [0.2, 0.25) is 0 Å². The first kappa shape index (κ1) is 11.4. The van der Waals surface area contributed by atoms with Crippen LogP contribution in [0.2, 0.25) is 0 Å². The Kier molecular flexibility index (Phi) is 3.99. The van der Waals surface area contributed by atoms with Crippen LogP contribution >= 0.6 is 0 Å². The van der Waals surface area contributed by atoms with E-state index in [1.54, 1.807) is 0 Å². The Balaban J connectivity index is 2.70. The fourth-order valence-electron chi connectivity index (χ4n) is 0.979. The number of aliphatic hydroxyl groups excluding tert-OH is 2. The van der Waals surface area contributed by atoms with Crippen LogP contribution in [-0.2, 0) is 0 Å². The monoisotopic (exact) mass is 212 g/mol. The maximum Gasteiger partial charge on any atom is 0.141 e. The largest absolute Gasteiger partial charge is 0.390 e. The van der Waals surface area contributed by atoms with Gasteiger partial charge in [-0.25, -0.2) is 4.39 Å². The van der Waals surface area contributed by atoms with Crippen LogP contribution in [0.15, 0.2) is 23.4 Å². The van der Waals surface area contributed by atoms with E-state index in [-0.39, 0.29) is 12.2 Å². The molecule has 6 nitrogen and oxygen atoms in total. The van der Waals surface area contributed by atoms with Gasteiger partial charge in [-0.05, 0) is 17.7 Å². The Bertz CT molecular complexity index is 363. The van der Waals surface area contributed by atoms with Gasteiger partial charge >= 0.3 is 0 Å². The van der Waals surface area contributed by atoms with Gasteiger partial charge in [-0.15, -0.1) is 0 Å². The van der Waals surface area contributed by atoms with Gasteiger partial charge in [0.15, 0.2) is 0 Å². The summed E-state index contributed by atoms with van der Waals surface area (Å²) in [5.41, 5.74) is 8.13. The maximum absolute atomic E-state index is 12.5. The Morgan fingerprint density at radius 2 is 2.27 bits per heavy atom. The fraction of sp³-hybridized carbons (Fsp3) is 0.375. The van der Waals surface area contributed by atoms with E-state index in [2.05, 4.69) is 15.0 Å². The summed E-state index contributed by atoms with van der Waals surface area (Å²) in [5, 5.41) is 21.9. The molecule has 0 fully saturated rings. The van der Waals surface area contributed by atoms with Crippen molar-refractivity contribution in [2.75, 3.05) is 6.54 Å². The zero-order valence-electron chi connectivity index (χ0n) is 7.66. The molecule has 1 rings (SSSR count). The fourth-order valence-corrected chi connectivity index (χ4v) is 0.979. The number of aliphatic hydroxyl groups is 2. The lowest BCUT2D eigenvalue weighted by molar-refractivity contribution is 0.0217. The van der Waals surface area contributed by atoms with Crippen LogP contribution in [0.1, 0.15) is 11.8 Å². The summed E-state index contributed by atoms with van der Waals surface area (Å²) < 4.78 is 12.5. The van der Waals surface area contributed by atoms with Crippen molar-refractivity contribution in [3.05, 3.63) is 40.3 Å². The molecule has 0 saturated heterocycles. The second-order valence-corrected chi connectivity index (χ2v) is 2.83. The average molecular weight is 212 g/mol. The van der Waals surface area contributed by atoms with Gasteiger partial charge < -0.3 is 10.2 Å². The molecule has 1 aromatic rings. The molecule has 0 bridgehead atoms. The summed E-state index contributed by atoms with van der Waals surface area (Å²) in [6, 6.07) is 2.37. The van der Waals surface area contributed by atoms with E-state index in [1.165, 1.54) is 6.07 Å². The molecule has 1 heterocycles. The van der Waals surface area contributed by atoms with Crippen molar-refractivity contribution < 1.29 is 14.6 Å². The summed E-state index contributed by atoms with van der Waals surface area (Å²) in [5.74, 6) is -0.532. The molecule has 0 aliphatic heterocycles. The molecule has 80 valence electrons. The van der Waals surface area contributed by atoms with Crippen LogP contribution in [0, 0.1) is 5.82 Å². The summed E-state index contributed by atoms with van der Waals surface area (Å²) in [7, 11) is 0. The number of pyridine rings is 1. The number of hydrogen-bond acceptors (Lipinski definition) is 4. The van der Waals surface area contributed by atoms with E-state index in [0.717, 1.165) is 12.3 Å². The minimum Gasteiger partial charge on any atom is -0.390 e. The van der Waals surface area contributed by atoms with E-state index in [0.29, 0.717) is 0 Å². The molecule has 1 aromatic heterocycles. The van der Waals surface area contributed by atoms with Crippen LogP contribution in [0.3, 0.4) is 0 Å². The first-order valence-electron chi connectivity index (χ1n) is 4.13. The van der Waals surface area contributed by atoms with Crippen LogP contribution in [0.25, 0.3) is 10.4 Å². The Morgan fingerprint density at radius 3 is 2.80 bits per heavy atom. The molecule has 0 aliphatic carbocycles. The summed E-state index contributed by atoms with van der Waals surface area (Å²) >= 11 is 0. The third-order valence-electron chi connectivity index (χ3n) is 1.75. The lowest BCUT2D eigenvalue weighted by Gasteiger charge is -2.14. The molecule has 0 aromatic carbocycles. The molecule has 0 amide bonds. The van der Waals surface area contributed by atoms with Crippen molar-refractivity contribution >= 4 is 0 Å². The van der Waals surface area contributed by atoms with Crippen molar-refractivity contribution in [1.29, 1.82) is 0 Å². The zero-order chi connectivity index (χ0) is 11.3. The Hall–Kier alpha value is -1.69. The van der Waals surface area contributed by atoms with Gasteiger partial charge in [0.1, 0.15) is 11.9 Å². The van der Waals surface area contributed by atoms with Crippen LogP contribution in [-0.4, -0.2) is 27.8 Å². The number of rotatable bonds is 4. The second kappa shape index (κ2) is 5.26. The minimum atomic E-state index is -1.30. The molecule has 0 saturated carbocycles. The summed E-state index contributed by atoms with van der Waals surface area (Å²) in [4.78, 5) is 6.03. The van der Waals surface area contributed by atoms with E-state index in [1.807, 2.05) is 0 Å². The molecular formula is C8H9FN4O2. The number of aromatic nitrogens is 1. The molecule has 2 atom stereocenters. The lowest BCUT2D eigenvalue weighted by atomic mass is 10.1. The van der Waals surface area contributed by atoms with Crippen LogP contribution in [0.5, 0.6) is 0 Å². The first-order valence-corrected chi connectivity index (χ1v) is 4.13. The predicted molar refractivity (Wildman–Crippen MR) is 49.2 cm³/mol. The number of hydrogen-bond donors (Lipinski definition) is 2. The molecule has 0 aliphatic rings. The lowest BCUT2D eigenvalue weighted by Crippen LogP contribution is -2.21. The molecule has 15 heavy (non-hydrogen) atoms. The van der Waals surface area contributed by atoms with Gasteiger partial charge in [0.05, 0.1) is 24.5 Å². The Labute approximate surface area is 84.6 Å². The topological polar surface area (TPSA) is 102 Å². The molecule has 7 heteroatoms. The van der Waals surface area contributed by atoms with Crippen LogP contribution < -0.4 is 0 Å². The van der Waals surface area contributed by atoms with Gasteiger partial charge in [-0.2, -0.15) is 0 Å². The molecule has 0 spiro atoms. The van der Waals surface area contributed by atoms with Gasteiger partial charge in [-0.3, -0.25) is 4.98 Å². The highest BCUT2D eigenvalue weighted by Crippen LogP contribution is 2.14. The second-order valence-electron chi connectivity index (χ2n) is 2.83. The number of halogens is 1. The van der Waals surface area contributed by atoms with E-state index in [4.69, 9.17) is 5.53 Å². The molecule has 0 radical (unpaired) electrons. The molecular weight excluding hydrogens is 203 g/mol. The minimum absolute atomic E-state index is 0.122. The SMILES string of the molecule is [N-]=[N+]=NCC(O)C(O)c1ccc(F)cn1. The highest BCUT2D eigenvalue weighted by Gasteiger charge is 2.18. The maximum atomic E-state index is 12.5. The van der Waals surface area contributed by atoms with Crippen molar-refractivity contribution in [2.45, 2.75) is 12.2 Å². The van der Waals surface area contributed by atoms with Gasteiger partial charge in [0.25, 0.3) is 0 Å². The number of azide groups is 1. The third kappa shape index (κ3) is 3.17. The van der Waals surface area contributed by atoms with Crippen molar-refractivity contribution in [3.8, 4) is 0 Å². The summed E-state index contributed by atoms with van der Waals surface area (Å²) in [6.07, 6.45) is -1.62. The smallest absolute Gasteiger partial charge is 0.141 e. The predicted octanol–water partition coefficient (Wildman–Crippen LogP) is 0.925. The van der Waals surface area contributed by atoms with Gasteiger partial charge in [0, 0.05) is 4.91 Å². The molecule has 2 unspecified atom stereocenters.